The lowest BCUT2D eigenvalue weighted by Gasteiger charge is -2.26. The van der Waals surface area contributed by atoms with Gasteiger partial charge in [0.15, 0.2) is 0 Å². The van der Waals surface area contributed by atoms with Crippen molar-refractivity contribution in [2.45, 2.75) is 6.61 Å². The summed E-state index contributed by atoms with van der Waals surface area (Å²) < 4.78 is 17.0. The number of carbonyl (C=O) groups is 1. The van der Waals surface area contributed by atoms with Crippen LogP contribution in [-0.2, 0) is 16.1 Å². The van der Waals surface area contributed by atoms with Crippen molar-refractivity contribution in [3.63, 3.8) is 0 Å². The van der Waals surface area contributed by atoms with Gasteiger partial charge in [0.1, 0.15) is 24.7 Å². The van der Waals surface area contributed by atoms with Crippen molar-refractivity contribution in [3.8, 4) is 5.75 Å². The van der Waals surface area contributed by atoms with Gasteiger partial charge in [-0.05, 0) is 17.7 Å². The Morgan fingerprint density at radius 1 is 1.13 bits per heavy atom. The fourth-order valence-electron chi connectivity index (χ4n) is 3.58. The number of hydrogen-bond acceptors (Lipinski definition) is 6. The van der Waals surface area contributed by atoms with Crippen LogP contribution in [0, 0.1) is 0 Å². The van der Waals surface area contributed by atoms with Crippen LogP contribution in [0.3, 0.4) is 0 Å². The second-order valence-corrected chi connectivity index (χ2v) is 7.85. The molecule has 2 aromatic carbocycles. The zero-order chi connectivity index (χ0) is 21.6. The molecule has 1 fully saturated rings. The summed E-state index contributed by atoms with van der Waals surface area (Å²) in [6.45, 7) is 4.74. The Morgan fingerprint density at radius 2 is 1.90 bits per heavy atom. The molecular weight excluding hydrogens is 394 g/mol. The summed E-state index contributed by atoms with van der Waals surface area (Å²) in [5.74, 6) is 0.374. The molecule has 0 saturated carbocycles. The molecule has 0 radical (unpaired) electrons. The maximum absolute atomic E-state index is 12.6. The number of nitrogens with zero attached hydrogens (tertiary/aromatic N) is 2. The number of carbonyl (C=O) groups excluding carboxylic acids is 1. The van der Waals surface area contributed by atoms with Crippen LogP contribution in [0.1, 0.15) is 16.1 Å². The van der Waals surface area contributed by atoms with Gasteiger partial charge in [-0.25, -0.2) is 4.79 Å². The van der Waals surface area contributed by atoms with Gasteiger partial charge in [-0.1, -0.05) is 30.3 Å². The average molecular weight is 424 g/mol. The molecule has 164 valence electrons. The summed E-state index contributed by atoms with van der Waals surface area (Å²) >= 11 is 0. The first-order valence-electron chi connectivity index (χ1n) is 10.6. The lowest BCUT2D eigenvalue weighted by molar-refractivity contribution is 0.0193. The zero-order valence-electron chi connectivity index (χ0n) is 18.1. The molecule has 0 amide bonds. The number of aromatic nitrogens is 1. The number of anilines is 1. The average Bonchev–Trinajstić information content (AvgIpc) is 3.23. The third kappa shape index (κ3) is 5.37. The fourth-order valence-corrected chi connectivity index (χ4v) is 3.58. The lowest BCUT2D eigenvalue weighted by Crippen LogP contribution is -2.38. The van der Waals surface area contributed by atoms with Gasteiger partial charge in [0.25, 0.3) is 0 Å². The first-order valence-corrected chi connectivity index (χ1v) is 10.6. The highest BCUT2D eigenvalue weighted by Gasteiger charge is 2.17. The first kappa shape index (κ1) is 21.2. The number of ether oxygens (including phenoxy) is 3. The van der Waals surface area contributed by atoms with Crippen molar-refractivity contribution in [2.75, 3.05) is 58.5 Å². The third-order valence-corrected chi connectivity index (χ3v) is 5.40. The van der Waals surface area contributed by atoms with Crippen LogP contribution in [0.2, 0.25) is 0 Å². The predicted molar refractivity (Wildman–Crippen MR) is 121 cm³/mol. The number of esters is 1. The Kier molecular flexibility index (Phi) is 6.74. The molecule has 2 heterocycles. The van der Waals surface area contributed by atoms with Gasteiger partial charge in [0.05, 0.1) is 18.7 Å². The van der Waals surface area contributed by atoms with Crippen molar-refractivity contribution >= 4 is 22.6 Å². The van der Waals surface area contributed by atoms with Crippen molar-refractivity contribution in [1.29, 1.82) is 0 Å². The quantitative estimate of drug-likeness (QED) is 0.561. The molecule has 0 spiro atoms. The highest BCUT2D eigenvalue weighted by Crippen LogP contribution is 2.32. The molecule has 7 heteroatoms. The number of morpholine rings is 1. The van der Waals surface area contributed by atoms with Gasteiger partial charge in [-0.2, -0.15) is 0 Å². The summed E-state index contributed by atoms with van der Waals surface area (Å²) in [6, 6.07) is 15.8. The van der Waals surface area contributed by atoms with Gasteiger partial charge in [-0.3, -0.25) is 4.90 Å². The fraction of sp³-hybridized carbons (Fsp3) is 0.375. The number of hydrogen-bond donors (Lipinski definition) is 1. The number of rotatable bonds is 8. The highest BCUT2D eigenvalue weighted by atomic mass is 16.5. The van der Waals surface area contributed by atoms with Crippen molar-refractivity contribution < 1.29 is 19.0 Å². The molecule has 1 aromatic heterocycles. The van der Waals surface area contributed by atoms with Crippen molar-refractivity contribution in [1.82, 2.24) is 9.88 Å². The maximum atomic E-state index is 12.6. The van der Waals surface area contributed by atoms with Gasteiger partial charge in [0.2, 0.25) is 0 Å². The molecule has 7 nitrogen and oxygen atoms in total. The van der Waals surface area contributed by atoms with E-state index in [1.165, 1.54) is 0 Å². The summed E-state index contributed by atoms with van der Waals surface area (Å²) in [5, 5.41) is 0.863. The molecule has 0 atom stereocenters. The molecule has 0 bridgehead atoms. The summed E-state index contributed by atoms with van der Waals surface area (Å²) in [5.41, 5.74) is 3.35. The summed E-state index contributed by atoms with van der Waals surface area (Å²) in [6.07, 6.45) is 0. The molecule has 4 rings (SSSR count). The predicted octanol–water partition coefficient (Wildman–Crippen LogP) is 3.30. The van der Waals surface area contributed by atoms with Gasteiger partial charge >= 0.3 is 5.97 Å². The van der Waals surface area contributed by atoms with E-state index in [4.69, 9.17) is 14.2 Å². The molecule has 3 aromatic rings. The minimum atomic E-state index is -0.357. The number of nitrogens with one attached hydrogen (secondary N) is 1. The molecular formula is C24H29N3O4. The van der Waals surface area contributed by atoms with Gasteiger partial charge in [-0.15, -0.1) is 0 Å². The first-order chi connectivity index (χ1) is 15.1. The van der Waals surface area contributed by atoms with Crippen LogP contribution in [0.4, 0.5) is 5.69 Å². The second-order valence-electron chi connectivity index (χ2n) is 7.85. The number of benzene rings is 2. The minimum absolute atomic E-state index is 0.356. The Hall–Kier alpha value is -3.03. The monoisotopic (exact) mass is 423 g/mol. The summed E-state index contributed by atoms with van der Waals surface area (Å²) in [4.78, 5) is 20.1. The van der Waals surface area contributed by atoms with E-state index in [0.717, 1.165) is 54.2 Å². The Balaban J connectivity index is 1.48. The van der Waals surface area contributed by atoms with Crippen LogP contribution in [0.25, 0.3) is 10.9 Å². The number of fused-ring (bicyclic) bond motifs is 1. The molecule has 31 heavy (non-hydrogen) atoms. The highest BCUT2D eigenvalue weighted by molar-refractivity contribution is 5.98. The lowest BCUT2D eigenvalue weighted by atomic mass is 10.2. The van der Waals surface area contributed by atoms with Crippen molar-refractivity contribution in [3.05, 3.63) is 59.8 Å². The molecule has 1 aliphatic rings. The molecule has 1 aliphatic heterocycles. The van der Waals surface area contributed by atoms with Crippen LogP contribution in [0.15, 0.2) is 48.5 Å². The van der Waals surface area contributed by atoms with E-state index in [0.29, 0.717) is 25.5 Å². The second kappa shape index (κ2) is 9.85. The molecule has 0 aliphatic carbocycles. The van der Waals surface area contributed by atoms with Crippen LogP contribution < -0.4 is 9.64 Å². The van der Waals surface area contributed by atoms with Gasteiger partial charge in [0, 0.05) is 50.9 Å². The SMILES string of the molecule is CN(C)c1cc(OCc2ccccc2)c2cc(C(=O)OCCN3CCOCC3)[nH]c2c1. The Bertz CT molecular complexity index is 1010. The standard InChI is InChI=1S/C24H29N3O4/c1-26(2)19-14-21-20(23(15-19)31-17-18-6-4-3-5-7-18)16-22(25-21)24(28)30-13-10-27-8-11-29-12-9-27/h3-7,14-16,25H,8-13,17H2,1-2H3. The smallest absolute Gasteiger partial charge is 0.354 e. The van der Waals surface area contributed by atoms with E-state index in [1.807, 2.05) is 67.5 Å². The van der Waals surface area contributed by atoms with E-state index in [-0.39, 0.29) is 5.97 Å². The molecule has 1 N–H and O–H groups in total. The Morgan fingerprint density at radius 3 is 2.65 bits per heavy atom. The third-order valence-electron chi connectivity index (χ3n) is 5.40. The summed E-state index contributed by atoms with van der Waals surface area (Å²) in [7, 11) is 3.96. The number of H-pyrrole nitrogens is 1. The van der Waals surface area contributed by atoms with Crippen LogP contribution >= 0.6 is 0 Å². The van der Waals surface area contributed by atoms with Crippen molar-refractivity contribution in [2.24, 2.45) is 0 Å². The zero-order valence-corrected chi connectivity index (χ0v) is 18.1. The van der Waals surface area contributed by atoms with E-state index in [9.17, 15) is 4.79 Å². The maximum Gasteiger partial charge on any atom is 0.354 e. The van der Waals surface area contributed by atoms with Crippen LogP contribution in [-0.4, -0.2) is 69.4 Å². The van der Waals surface area contributed by atoms with E-state index in [2.05, 4.69) is 9.88 Å². The van der Waals surface area contributed by atoms with E-state index < -0.39 is 0 Å². The van der Waals surface area contributed by atoms with E-state index in [1.54, 1.807) is 0 Å². The Labute approximate surface area is 182 Å². The topological polar surface area (TPSA) is 67.0 Å². The molecule has 0 unspecified atom stereocenters. The molecule has 1 saturated heterocycles. The van der Waals surface area contributed by atoms with Gasteiger partial charge < -0.3 is 24.1 Å². The minimum Gasteiger partial charge on any atom is -0.488 e. The largest absolute Gasteiger partial charge is 0.488 e. The van der Waals surface area contributed by atoms with E-state index >= 15 is 0 Å². The number of aromatic amines is 1. The van der Waals surface area contributed by atoms with Crippen LogP contribution in [0.5, 0.6) is 5.75 Å². The normalized spacial score (nSPS) is 14.5.